The minimum atomic E-state index is -0.174. The molecule has 3 rings (SSSR count). The van der Waals surface area contributed by atoms with Crippen LogP contribution >= 0.6 is 0 Å². The number of nitrogens with zero attached hydrogens (tertiary/aromatic N) is 2. The summed E-state index contributed by atoms with van der Waals surface area (Å²) in [7, 11) is 0. The van der Waals surface area contributed by atoms with Crippen molar-refractivity contribution in [2.75, 3.05) is 18.0 Å². The molecule has 1 N–H and O–H groups in total. The van der Waals surface area contributed by atoms with Crippen LogP contribution in [0.3, 0.4) is 0 Å². The molecule has 0 aliphatic carbocycles. The smallest absolute Gasteiger partial charge is 0.273 e. The monoisotopic (exact) mass is 285 g/mol. The SMILES string of the molecule is Cc1cc(C(=O)NC[C@H]2CCCN2c2ccccc2)no1. The van der Waals surface area contributed by atoms with E-state index in [0.29, 0.717) is 24.0 Å². The van der Waals surface area contributed by atoms with Crippen LogP contribution in [-0.2, 0) is 0 Å². The van der Waals surface area contributed by atoms with Gasteiger partial charge in [0.25, 0.3) is 5.91 Å². The van der Waals surface area contributed by atoms with Crippen molar-refractivity contribution >= 4 is 11.6 Å². The molecule has 110 valence electrons. The van der Waals surface area contributed by atoms with Gasteiger partial charge in [-0.2, -0.15) is 0 Å². The van der Waals surface area contributed by atoms with Crippen LogP contribution in [0.5, 0.6) is 0 Å². The molecule has 1 saturated heterocycles. The lowest BCUT2D eigenvalue weighted by atomic mass is 10.2. The van der Waals surface area contributed by atoms with Gasteiger partial charge in [-0.15, -0.1) is 0 Å². The third kappa shape index (κ3) is 3.07. The van der Waals surface area contributed by atoms with Gasteiger partial charge in [-0.3, -0.25) is 4.79 Å². The molecule has 2 aromatic rings. The second-order valence-electron chi connectivity index (χ2n) is 5.36. The highest BCUT2D eigenvalue weighted by molar-refractivity contribution is 5.92. The molecule has 1 aromatic heterocycles. The van der Waals surface area contributed by atoms with Crippen molar-refractivity contribution in [2.45, 2.75) is 25.8 Å². The van der Waals surface area contributed by atoms with Gasteiger partial charge in [0, 0.05) is 30.9 Å². The van der Waals surface area contributed by atoms with Gasteiger partial charge in [0.15, 0.2) is 5.69 Å². The topological polar surface area (TPSA) is 58.4 Å². The molecule has 1 amide bonds. The Morgan fingerprint density at radius 1 is 1.43 bits per heavy atom. The first-order valence-corrected chi connectivity index (χ1v) is 7.27. The van der Waals surface area contributed by atoms with Crippen LogP contribution in [0.2, 0.25) is 0 Å². The summed E-state index contributed by atoms with van der Waals surface area (Å²) < 4.78 is 4.93. The molecule has 2 heterocycles. The van der Waals surface area contributed by atoms with E-state index < -0.39 is 0 Å². The lowest BCUT2D eigenvalue weighted by Gasteiger charge is -2.26. The fourth-order valence-corrected chi connectivity index (χ4v) is 2.78. The lowest BCUT2D eigenvalue weighted by molar-refractivity contribution is 0.0942. The molecule has 1 aliphatic rings. The molecule has 5 nitrogen and oxygen atoms in total. The van der Waals surface area contributed by atoms with Gasteiger partial charge in [0.1, 0.15) is 5.76 Å². The third-order valence-electron chi connectivity index (χ3n) is 3.82. The second-order valence-corrected chi connectivity index (χ2v) is 5.36. The molecule has 0 saturated carbocycles. The Labute approximate surface area is 123 Å². The van der Waals surface area contributed by atoms with E-state index in [9.17, 15) is 4.79 Å². The summed E-state index contributed by atoms with van der Waals surface area (Å²) in [6, 6.07) is 12.3. The first kappa shape index (κ1) is 13.7. The number of amides is 1. The van der Waals surface area contributed by atoms with Gasteiger partial charge in [0.05, 0.1) is 0 Å². The highest BCUT2D eigenvalue weighted by Gasteiger charge is 2.25. The summed E-state index contributed by atoms with van der Waals surface area (Å²) >= 11 is 0. The molecule has 1 fully saturated rings. The van der Waals surface area contributed by atoms with E-state index in [1.165, 1.54) is 5.69 Å². The van der Waals surface area contributed by atoms with Crippen LogP contribution in [0.4, 0.5) is 5.69 Å². The molecule has 21 heavy (non-hydrogen) atoms. The normalized spacial score (nSPS) is 18.0. The number of carbonyl (C=O) groups is 1. The minimum absolute atomic E-state index is 0.174. The van der Waals surface area contributed by atoms with Crippen molar-refractivity contribution < 1.29 is 9.32 Å². The van der Waals surface area contributed by atoms with Crippen LogP contribution in [0.25, 0.3) is 0 Å². The highest BCUT2D eigenvalue weighted by atomic mass is 16.5. The molecular formula is C16H19N3O2. The Balaban J connectivity index is 1.61. The predicted octanol–water partition coefficient (Wildman–Crippen LogP) is 2.38. The second kappa shape index (κ2) is 5.99. The van der Waals surface area contributed by atoms with E-state index in [-0.39, 0.29) is 5.91 Å². The van der Waals surface area contributed by atoms with Gasteiger partial charge in [-0.25, -0.2) is 0 Å². The Bertz CT molecular complexity index is 609. The Hall–Kier alpha value is -2.30. The van der Waals surface area contributed by atoms with Crippen LogP contribution in [-0.4, -0.2) is 30.2 Å². The third-order valence-corrected chi connectivity index (χ3v) is 3.82. The number of nitrogens with one attached hydrogen (secondary N) is 1. The standard InChI is InChI=1S/C16H19N3O2/c1-12-10-15(18-21-12)16(20)17-11-14-8-5-9-19(14)13-6-3-2-4-7-13/h2-4,6-7,10,14H,5,8-9,11H2,1H3,(H,17,20)/t14-/m1/s1. The number of aryl methyl sites for hydroxylation is 1. The number of para-hydroxylation sites is 1. The van der Waals surface area contributed by atoms with Crippen molar-refractivity contribution in [3.63, 3.8) is 0 Å². The maximum Gasteiger partial charge on any atom is 0.273 e. The van der Waals surface area contributed by atoms with Gasteiger partial charge >= 0.3 is 0 Å². The Kier molecular flexibility index (Phi) is 3.90. The van der Waals surface area contributed by atoms with E-state index in [0.717, 1.165) is 19.4 Å². The molecular weight excluding hydrogens is 266 g/mol. The summed E-state index contributed by atoms with van der Waals surface area (Å²) in [5.74, 6) is 0.471. The number of anilines is 1. The largest absolute Gasteiger partial charge is 0.367 e. The average molecular weight is 285 g/mol. The lowest BCUT2D eigenvalue weighted by Crippen LogP contribution is -2.40. The average Bonchev–Trinajstić information content (AvgIpc) is 3.14. The number of rotatable bonds is 4. The molecule has 0 unspecified atom stereocenters. The van der Waals surface area contributed by atoms with Crippen LogP contribution in [0.1, 0.15) is 29.1 Å². The Morgan fingerprint density at radius 2 is 2.24 bits per heavy atom. The molecule has 0 radical (unpaired) electrons. The summed E-state index contributed by atoms with van der Waals surface area (Å²) in [4.78, 5) is 14.4. The first-order valence-electron chi connectivity index (χ1n) is 7.27. The van der Waals surface area contributed by atoms with Crippen LogP contribution < -0.4 is 10.2 Å². The van der Waals surface area contributed by atoms with E-state index in [1.807, 2.05) is 18.2 Å². The summed E-state index contributed by atoms with van der Waals surface area (Å²) in [5, 5.41) is 6.69. The molecule has 0 spiro atoms. The van der Waals surface area contributed by atoms with Crippen LogP contribution in [0, 0.1) is 6.92 Å². The first-order chi connectivity index (χ1) is 10.2. The van der Waals surface area contributed by atoms with Gasteiger partial charge < -0.3 is 14.7 Å². The maximum absolute atomic E-state index is 12.0. The fraction of sp³-hybridized carbons (Fsp3) is 0.375. The van der Waals surface area contributed by atoms with Crippen molar-refractivity contribution in [3.05, 3.63) is 47.9 Å². The van der Waals surface area contributed by atoms with E-state index in [1.54, 1.807) is 13.0 Å². The van der Waals surface area contributed by atoms with Crippen LogP contribution in [0.15, 0.2) is 40.9 Å². The predicted molar refractivity (Wildman–Crippen MR) is 80.4 cm³/mol. The van der Waals surface area contributed by atoms with Gasteiger partial charge in [0.2, 0.25) is 0 Å². The molecule has 1 aromatic carbocycles. The zero-order chi connectivity index (χ0) is 14.7. The zero-order valence-electron chi connectivity index (χ0n) is 12.1. The number of benzene rings is 1. The van der Waals surface area contributed by atoms with E-state index in [4.69, 9.17) is 4.52 Å². The van der Waals surface area contributed by atoms with Crippen molar-refractivity contribution in [2.24, 2.45) is 0 Å². The number of hydrogen-bond donors (Lipinski definition) is 1. The van der Waals surface area contributed by atoms with Crippen molar-refractivity contribution in [1.29, 1.82) is 0 Å². The van der Waals surface area contributed by atoms with Gasteiger partial charge in [-0.1, -0.05) is 23.4 Å². The summed E-state index contributed by atoms with van der Waals surface area (Å²) in [5.41, 5.74) is 1.56. The van der Waals surface area contributed by atoms with Crippen molar-refractivity contribution in [3.8, 4) is 0 Å². The molecule has 0 bridgehead atoms. The fourth-order valence-electron chi connectivity index (χ4n) is 2.78. The van der Waals surface area contributed by atoms with E-state index >= 15 is 0 Å². The highest BCUT2D eigenvalue weighted by Crippen LogP contribution is 2.24. The number of carbonyl (C=O) groups excluding carboxylic acids is 1. The summed E-state index contributed by atoms with van der Waals surface area (Å²) in [6.07, 6.45) is 2.24. The maximum atomic E-state index is 12.0. The minimum Gasteiger partial charge on any atom is -0.367 e. The van der Waals surface area contributed by atoms with E-state index in [2.05, 4.69) is 27.5 Å². The molecule has 1 atom stereocenters. The number of aromatic nitrogens is 1. The molecule has 5 heteroatoms. The quantitative estimate of drug-likeness (QED) is 0.937. The van der Waals surface area contributed by atoms with Gasteiger partial charge in [-0.05, 0) is 31.9 Å². The zero-order valence-corrected chi connectivity index (χ0v) is 12.1. The van der Waals surface area contributed by atoms with Crippen molar-refractivity contribution in [1.82, 2.24) is 10.5 Å². The number of hydrogen-bond acceptors (Lipinski definition) is 4. The Morgan fingerprint density at radius 3 is 2.95 bits per heavy atom. The molecule has 1 aliphatic heterocycles. The summed E-state index contributed by atoms with van der Waals surface area (Å²) in [6.45, 7) is 3.44.